The van der Waals surface area contributed by atoms with Crippen LogP contribution < -0.4 is 0 Å². The Hall–Kier alpha value is -0.890. The molecular weight excluding hydrogens is 174 g/mol. The summed E-state index contributed by atoms with van der Waals surface area (Å²) in [5.41, 5.74) is 3.44. The Morgan fingerprint density at radius 3 is 2.21 bits per heavy atom. The first-order valence-electron chi connectivity index (χ1n) is 4.94. The molecule has 14 heavy (non-hydrogen) atoms. The van der Waals surface area contributed by atoms with Crippen molar-refractivity contribution in [3.63, 3.8) is 0 Å². The standard InChI is InChI=1S/C12H21NO/c1-7-9(3)10(4)12(13-8-2)11(5)14-6/h7-8,11H,1-6H3/b9-7-,12-10+,13-8?. The molecule has 0 rings (SSSR count). The quantitative estimate of drug-likeness (QED) is 0.498. The highest BCUT2D eigenvalue weighted by Crippen LogP contribution is 2.19. The summed E-state index contributed by atoms with van der Waals surface area (Å²) < 4.78 is 5.28. The minimum Gasteiger partial charge on any atom is -0.375 e. The molecule has 0 spiro atoms. The Bertz CT molecular complexity index is 261. The van der Waals surface area contributed by atoms with Gasteiger partial charge in [-0.3, -0.25) is 4.99 Å². The van der Waals surface area contributed by atoms with Crippen LogP contribution in [-0.4, -0.2) is 19.4 Å². The van der Waals surface area contributed by atoms with Gasteiger partial charge in [-0.05, 0) is 40.2 Å². The minimum atomic E-state index is 0.0427. The fraction of sp³-hybridized carbons (Fsp3) is 0.583. The van der Waals surface area contributed by atoms with Crippen molar-refractivity contribution in [2.24, 2.45) is 4.99 Å². The van der Waals surface area contributed by atoms with Crippen LogP contribution in [0.1, 0.15) is 34.6 Å². The molecule has 2 nitrogen and oxygen atoms in total. The van der Waals surface area contributed by atoms with Gasteiger partial charge >= 0.3 is 0 Å². The molecule has 0 saturated heterocycles. The molecule has 0 aliphatic carbocycles. The van der Waals surface area contributed by atoms with Crippen LogP contribution in [0.15, 0.2) is 27.9 Å². The lowest BCUT2D eigenvalue weighted by Crippen LogP contribution is -2.09. The molecule has 0 aromatic carbocycles. The van der Waals surface area contributed by atoms with Crippen molar-refractivity contribution >= 4 is 6.21 Å². The second kappa shape index (κ2) is 6.55. The molecule has 1 unspecified atom stereocenters. The molecule has 0 N–H and O–H groups in total. The zero-order chi connectivity index (χ0) is 11.1. The molecule has 0 aromatic heterocycles. The number of methoxy groups -OCH3 is 1. The number of rotatable bonds is 4. The summed E-state index contributed by atoms with van der Waals surface area (Å²) in [5, 5.41) is 0. The van der Waals surface area contributed by atoms with Gasteiger partial charge in [-0.15, -0.1) is 0 Å². The zero-order valence-electron chi connectivity index (χ0n) is 10.1. The summed E-state index contributed by atoms with van der Waals surface area (Å²) in [6.45, 7) is 10.1. The average molecular weight is 195 g/mol. The van der Waals surface area contributed by atoms with Gasteiger partial charge in [-0.1, -0.05) is 11.6 Å². The van der Waals surface area contributed by atoms with Crippen LogP contribution in [0.25, 0.3) is 0 Å². The third-order valence-electron chi connectivity index (χ3n) is 2.42. The summed E-state index contributed by atoms with van der Waals surface area (Å²) in [7, 11) is 1.70. The molecule has 0 saturated carbocycles. The second-order valence-electron chi connectivity index (χ2n) is 3.25. The fourth-order valence-electron chi connectivity index (χ4n) is 1.18. The summed E-state index contributed by atoms with van der Waals surface area (Å²) >= 11 is 0. The molecule has 0 radical (unpaired) electrons. The highest BCUT2D eigenvalue weighted by molar-refractivity contribution is 5.56. The lowest BCUT2D eigenvalue weighted by atomic mass is 10.0. The monoisotopic (exact) mass is 195 g/mol. The van der Waals surface area contributed by atoms with Crippen LogP contribution in [0.2, 0.25) is 0 Å². The summed E-state index contributed by atoms with van der Waals surface area (Å²) in [6, 6.07) is 0. The van der Waals surface area contributed by atoms with Gasteiger partial charge in [0.15, 0.2) is 0 Å². The Morgan fingerprint density at radius 2 is 1.86 bits per heavy atom. The Balaban J connectivity index is 5.15. The van der Waals surface area contributed by atoms with Crippen molar-refractivity contribution in [2.75, 3.05) is 7.11 Å². The van der Waals surface area contributed by atoms with Crippen molar-refractivity contribution < 1.29 is 4.74 Å². The third-order valence-corrected chi connectivity index (χ3v) is 2.42. The first kappa shape index (κ1) is 13.1. The fourth-order valence-corrected chi connectivity index (χ4v) is 1.18. The third kappa shape index (κ3) is 3.46. The number of hydrogen-bond donors (Lipinski definition) is 0. The summed E-state index contributed by atoms with van der Waals surface area (Å²) in [4.78, 5) is 4.35. The van der Waals surface area contributed by atoms with Gasteiger partial charge in [0, 0.05) is 13.3 Å². The molecule has 0 fully saturated rings. The van der Waals surface area contributed by atoms with E-state index in [1.807, 2.05) is 20.8 Å². The van der Waals surface area contributed by atoms with Crippen LogP contribution in [-0.2, 0) is 4.74 Å². The number of aliphatic imine (C=N–C) groups is 1. The van der Waals surface area contributed by atoms with Gasteiger partial charge in [0.05, 0.1) is 11.8 Å². The van der Waals surface area contributed by atoms with Gasteiger partial charge in [0.1, 0.15) is 0 Å². The van der Waals surface area contributed by atoms with Gasteiger partial charge < -0.3 is 4.74 Å². The van der Waals surface area contributed by atoms with Crippen LogP contribution >= 0.6 is 0 Å². The predicted octanol–water partition coefficient (Wildman–Crippen LogP) is 3.35. The number of hydrogen-bond acceptors (Lipinski definition) is 2. The van der Waals surface area contributed by atoms with Crippen molar-refractivity contribution in [2.45, 2.75) is 40.7 Å². The molecule has 0 aromatic rings. The summed E-state index contributed by atoms with van der Waals surface area (Å²) in [5.74, 6) is 0. The SMILES string of the molecule is CC=N/C(=C(C)/C(C)=C\C)C(C)OC. The Kier molecular flexibility index (Phi) is 6.13. The maximum absolute atomic E-state index is 5.28. The van der Waals surface area contributed by atoms with Gasteiger partial charge in [0.25, 0.3) is 0 Å². The molecule has 0 amide bonds. The molecule has 80 valence electrons. The molecule has 0 bridgehead atoms. The topological polar surface area (TPSA) is 21.6 Å². The smallest absolute Gasteiger partial charge is 0.0965 e. The second-order valence-corrected chi connectivity index (χ2v) is 3.25. The van der Waals surface area contributed by atoms with E-state index in [-0.39, 0.29) is 6.10 Å². The highest BCUT2D eigenvalue weighted by atomic mass is 16.5. The van der Waals surface area contributed by atoms with E-state index in [1.165, 1.54) is 11.1 Å². The lowest BCUT2D eigenvalue weighted by Gasteiger charge is -2.14. The predicted molar refractivity (Wildman–Crippen MR) is 62.8 cm³/mol. The summed E-state index contributed by atoms with van der Waals surface area (Å²) in [6.07, 6.45) is 3.93. The molecule has 0 aliphatic heterocycles. The number of allylic oxidation sites excluding steroid dienone is 3. The van der Waals surface area contributed by atoms with Crippen LogP contribution in [0, 0.1) is 0 Å². The molecule has 2 heteroatoms. The largest absolute Gasteiger partial charge is 0.375 e. The van der Waals surface area contributed by atoms with E-state index >= 15 is 0 Å². The Morgan fingerprint density at radius 1 is 1.29 bits per heavy atom. The van der Waals surface area contributed by atoms with Gasteiger partial charge in [-0.25, -0.2) is 0 Å². The van der Waals surface area contributed by atoms with Crippen molar-refractivity contribution in [1.82, 2.24) is 0 Å². The zero-order valence-corrected chi connectivity index (χ0v) is 10.1. The first-order valence-corrected chi connectivity index (χ1v) is 4.94. The average Bonchev–Trinajstić information content (AvgIpc) is 2.22. The maximum Gasteiger partial charge on any atom is 0.0965 e. The van der Waals surface area contributed by atoms with E-state index in [9.17, 15) is 0 Å². The molecule has 1 atom stereocenters. The first-order chi connectivity index (χ1) is 6.58. The van der Waals surface area contributed by atoms with Crippen molar-refractivity contribution in [3.8, 4) is 0 Å². The van der Waals surface area contributed by atoms with Crippen LogP contribution in [0.5, 0.6) is 0 Å². The number of ether oxygens (including phenoxy) is 1. The van der Waals surface area contributed by atoms with E-state index in [4.69, 9.17) is 4.74 Å². The number of nitrogens with zero attached hydrogens (tertiary/aromatic N) is 1. The van der Waals surface area contributed by atoms with E-state index in [2.05, 4.69) is 24.9 Å². The maximum atomic E-state index is 5.28. The van der Waals surface area contributed by atoms with E-state index in [0.717, 1.165) is 5.70 Å². The van der Waals surface area contributed by atoms with E-state index in [1.54, 1.807) is 13.3 Å². The van der Waals surface area contributed by atoms with Crippen molar-refractivity contribution in [1.29, 1.82) is 0 Å². The molecule has 0 heterocycles. The molecule has 0 aliphatic rings. The van der Waals surface area contributed by atoms with E-state index < -0.39 is 0 Å². The molecular formula is C12H21NO. The van der Waals surface area contributed by atoms with Gasteiger partial charge in [0.2, 0.25) is 0 Å². The highest BCUT2D eigenvalue weighted by Gasteiger charge is 2.10. The Labute approximate surface area is 87.4 Å². The minimum absolute atomic E-state index is 0.0427. The normalized spacial score (nSPS) is 17.1. The lowest BCUT2D eigenvalue weighted by molar-refractivity contribution is 0.145. The van der Waals surface area contributed by atoms with Crippen molar-refractivity contribution in [3.05, 3.63) is 22.9 Å². The van der Waals surface area contributed by atoms with Gasteiger partial charge in [-0.2, -0.15) is 0 Å². The van der Waals surface area contributed by atoms with Crippen LogP contribution in [0.3, 0.4) is 0 Å². The van der Waals surface area contributed by atoms with Crippen LogP contribution in [0.4, 0.5) is 0 Å². The van der Waals surface area contributed by atoms with E-state index in [0.29, 0.717) is 0 Å².